The molecule has 0 aliphatic carbocycles. The molecule has 1 unspecified atom stereocenters. The van der Waals surface area contributed by atoms with Crippen molar-refractivity contribution in [1.82, 2.24) is 10.2 Å². The summed E-state index contributed by atoms with van der Waals surface area (Å²) in [5.41, 5.74) is 0. The highest BCUT2D eigenvalue weighted by Crippen LogP contribution is 2.00. The highest BCUT2D eigenvalue weighted by molar-refractivity contribution is 4.63. The molecule has 2 nitrogen and oxygen atoms in total. The summed E-state index contributed by atoms with van der Waals surface area (Å²) in [6.45, 7) is 9.25. The molecular formula is C11H24F2N2. The lowest BCUT2D eigenvalue weighted by atomic mass is 10.2. The Morgan fingerprint density at radius 1 is 1.20 bits per heavy atom. The predicted octanol–water partition coefficient (Wildman–Crippen LogP) is 2.35. The molecule has 0 saturated heterocycles. The fourth-order valence-electron chi connectivity index (χ4n) is 1.55. The molecular weight excluding hydrogens is 198 g/mol. The fourth-order valence-corrected chi connectivity index (χ4v) is 1.55. The molecule has 0 spiro atoms. The minimum atomic E-state index is -2.24. The van der Waals surface area contributed by atoms with E-state index in [4.69, 9.17) is 0 Å². The largest absolute Gasteiger partial charge is 0.309 e. The molecule has 0 aromatic heterocycles. The molecule has 4 heteroatoms. The van der Waals surface area contributed by atoms with Gasteiger partial charge in [0.15, 0.2) is 0 Å². The Kier molecular flexibility index (Phi) is 8.91. The molecule has 0 aliphatic rings. The van der Waals surface area contributed by atoms with Crippen LogP contribution in [0.2, 0.25) is 0 Å². The first kappa shape index (κ1) is 14.8. The molecule has 0 rings (SSSR count). The van der Waals surface area contributed by atoms with Gasteiger partial charge < -0.3 is 10.2 Å². The predicted molar refractivity (Wildman–Crippen MR) is 60.5 cm³/mol. The molecule has 0 saturated carbocycles. The third-order valence-electron chi connectivity index (χ3n) is 2.63. The van der Waals surface area contributed by atoms with E-state index in [1.54, 1.807) is 0 Å². The van der Waals surface area contributed by atoms with Crippen LogP contribution in [0.5, 0.6) is 0 Å². The van der Waals surface area contributed by atoms with E-state index in [-0.39, 0.29) is 12.6 Å². The Hall–Kier alpha value is -0.220. The monoisotopic (exact) mass is 222 g/mol. The molecule has 0 fully saturated rings. The Labute approximate surface area is 92.0 Å². The summed E-state index contributed by atoms with van der Waals surface area (Å²) in [5, 5.41) is 2.82. The summed E-state index contributed by atoms with van der Waals surface area (Å²) in [6.07, 6.45) is -0.210. The van der Waals surface area contributed by atoms with Crippen LogP contribution >= 0.6 is 0 Å². The van der Waals surface area contributed by atoms with Crippen molar-refractivity contribution in [1.29, 1.82) is 0 Å². The van der Waals surface area contributed by atoms with Crippen molar-refractivity contribution >= 4 is 0 Å². The number of alkyl halides is 2. The summed E-state index contributed by atoms with van der Waals surface area (Å²) < 4.78 is 23.8. The van der Waals surface area contributed by atoms with Crippen molar-refractivity contribution in [2.24, 2.45) is 0 Å². The minimum absolute atomic E-state index is 0.188. The van der Waals surface area contributed by atoms with Crippen LogP contribution in [0.1, 0.15) is 33.6 Å². The number of halogens is 2. The molecule has 92 valence electrons. The van der Waals surface area contributed by atoms with Gasteiger partial charge in [-0.1, -0.05) is 13.8 Å². The van der Waals surface area contributed by atoms with Crippen molar-refractivity contribution < 1.29 is 8.78 Å². The molecule has 0 heterocycles. The van der Waals surface area contributed by atoms with Gasteiger partial charge in [0, 0.05) is 6.04 Å². The van der Waals surface area contributed by atoms with Crippen molar-refractivity contribution in [2.45, 2.75) is 46.1 Å². The lowest BCUT2D eigenvalue weighted by Gasteiger charge is -2.19. The lowest BCUT2D eigenvalue weighted by molar-refractivity contribution is 0.141. The lowest BCUT2D eigenvalue weighted by Crippen LogP contribution is -2.32. The Bertz CT molecular complexity index is 139. The van der Waals surface area contributed by atoms with Crippen LogP contribution in [-0.4, -0.2) is 43.5 Å². The van der Waals surface area contributed by atoms with E-state index in [0.717, 1.165) is 32.5 Å². The summed E-state index contributed by atoms with van der Waals surface area (Å²) in [5.74, 6) is 0. The first-order valence-electron chi connectivity index (χ1n) is 5.84. The molecule has 15 heavy (non-hydrogen) atoms. The molecule has 0 aliphatic heterocycles. The zero-order valence-electron chi connectivity index (χ0n) is 10.1. The summed E-state index contributed by atoms with van der Waals surface area (Å²) in [6, 6.07) is 0.189. The van der Waals surface area contributed by atoms with Crippen molar-refractivity contribution in [2.75, 3.05) is 26.2 Å². The van der Waals surface area contributed by atoms with Gasteiger partial charge in [-0.05, 0) is 39.4 Å². The van der Waals surface area contributed by atoms with Crippen molar-refractivity contribution in [3.63, 3.8) is 0 Å². The van der Waals surface area contributed by atoms with Gasteiger partial charge in [0.1, 0.15) is 0 Å². The van der Waals surface area contributed by atoms with E-state index >= 15 is 0 Å². The summed E-state index contributed by atoms with van der Waals surface area (Å²) in [4.78, 5) is 2.35. The van der Waals surface area contributed by atoms with Crippen LogP contribution in [-0.2, 0) is 0 Å². The molecule has 0 aromatic rings. The normalized spacial score (nSPS) is 13.8. The molecule has 1 atom stereocenters. The zero-order valence-corrected chi connectivity index (χ0v) is 10.1. The van der Waals surface area contributed by atoms with Gasteiger partial charge in [-0.2, -0.15) is 0 Å². The number of nitrogens with zero attached hydrogens (tertiary/aromatic N) is 1. The highest BCUT2D eigenvalue weighted by Gasteiger charge is 2.06. The number of hydrogen-bond acceptors (Lipinski definition) is 2. The second-order valence-electron chi connectivity index (χ2n) is 3.87. The van der Waals surface area contributed by atoms with E-state index in [2.05, 4.69) is 24.1 Å². The van der Waals surface area contributed by atoms with Gasteiger partial charge in [-0.15, -0.1) is 0 Å². The Balaban J connectivity index is 3.41. The van der Waals surface area contributed by atoms with Gasteiger partial charge in [0.05, 0.1) is 6.54 Å². The van der Waals surface area contributed by atoms with Crippen molar-refractivity contribution in [3.8, 4) is 0 Å². The van der Waals surface area contributed by atoms with Crippen LogP contribution in [0, 0.1) is 0 Å². The molecule has 0 amide bonds. The molecule has 0 radical (unpaired) electrons. The summed E-state index contributed by atoms with van der Waals surface area (Å²) in [7, 11) is 0. The average molecular weight is 222 g/mol. The van der Waals surface area contributed by atoms with Gasteiger partial charge in [0.2, 0.25) is 0 Å². The zero-order chi connectivity index (χ0) is 11.7. The average Bonchev–Trinajstić information content (AvgIpc) is 2.21. The van der Waals surface area contributed by atoms with E-state index in [0.29, 0.717) is 0 Å². The molecule has 1 N–H and O–H groups in total. The van der Waals surface area contributed by atoms with Crippen LogP contribution in [0.4, 0.5) is 8.78 Å². The van der Waals surface area contributed by atoms with Gasteiger partial charge in [-0.3, -0.25) is 0 Å². The van der Waals surface area contributed by atoms with E-state index in [1.807, 2.05) is 6.92 Å². The SMILES string of the molecule is CCN(CC)CCCC(C)NCC(F)F. The third kappa shape index (κ3) is 8.75. The van der Waals surface area contributed by atoms with E-state index in [9.17, 15) is 8.78 Å². The fraction of sp³-hybridized carbons (Fsp3) is 1.00. The van der Waals surface area contributed by atoms with Gasteiger partial charge >= 0.3 is 0 Å². The minimum Gasteiger partial charge on any atom is -0.309 e. The maximum Gasteiger partial charge on any atom is 0.250 e. The second kappa shape index (κ2) is 9.04. The van der Waals surface area contributed by atoms with Crippen LogP contribution in [0.25, 0.3) is 0 Å². The van der Waals surface area contributed by atoms with Crippen LogP contribution in [0.15, 0.2) is 0 Å². The highest BCUT2D eigenvalue weighted by atomic mass is 19.3. The Morgan fingerprint density at radius 2 is 1.80 bits per heavy atom. The molecule has 0 aromatic carbocycles. The quantitative estimate of drug-likeness (QED) is 0.644. The molecule has 0 bridgehead atoms. The summed E-state index contributed by atoms with van der Waals surface area (Å²) >= 11 is 0. The maximum atomic E-state index is 11.9. The van der Waals surface area contributed by atoms with Crippen LogP contribution < -0.4 is 5.32 Å². The van der Waals surface area contributed by atoms with Gasteiger partial charge in [0.25, 0.3) is 6.43 Å². The second-order valence-corrected chi connectivity index (χ2v) is 3.87. The first-order valence-corrected chi connectivity index (χ1v) is 5.84. The number of nitrogens with one attached hydrogen (secondary N) is 1. The number of hydrogen-bond donors (Lipinski definition) is 1. The van der Waals surface area contributed by atoms with Gasteiger partial charge in [-0.25, -0.2) is 8.78 Å². The maximum absolute atomic E-state index is 11.9. The topological polar surface area (TPSA) is 15.3 Å². The van der Waals surface area contributed by atoms with Crippen molar-refractivity contribution in [3.05, 3.63) is 0 Å². The Morgan fingerprint density at radius 3 is 2.27 bits per heavy atom. The smallest absolute Gasteiger partial charge is 0.250 e. The van der Waals surface area contributed by atoms with E-state index < -0.39 is 6.43 Å². The van der Waals surface area contributed by atoms with Crippen LogP contribution in [0.3, 0.4) is 0 Å². The first-order chi connectivity index (χ1) is 7.10. The number of rotatable bonds is 9. The third-order valence-corrected chi connectivity index (χ3v) is 2.63. The van der Waals surface area contributed by atoms with E-state index in [1.165, 1.54) is 0 Å². The standard InChI is InChI=1S/C11H24F2N2/c1-4-15(5-2)8-6-7-10(3)14-9-11(12)13/h10-11,14H,4-9H2,1-3H3.